The number of nitrogens with one attached hydrogen (secondary N) is 1. The number of benzene rings is 1. The number of hydrogen-bond donors (Lipinski definition) is 3. The monoisotopic (exact) mass is 647 g/mol. The Morgan fingerprint density at radius 2 is 1.74 bits per heavy atom. The highest BCUT2D eigenvalue weighted by molar-refractivity contribution is 6.16. The summed E-state index contributed by atoms with van der Waals surface area (Å²) in [6.07, 6.45) is -0.391. The number of carbonyl (C=O) groups excluding carboxylic acids is 2. The molecule has 2 saturated carbocycles. The molecule has 1 spiro atoms. The third-order valence-electron chi connectivity index (χ3n) is 9.73. The van der Waals surface area contributed by atoms with Crippen molar-refractivity contribution in [2.45, 2.75) is 82.5 Å². The first-order valence-corrected chi connectivity index (χ1v) is 16.0. The average Bonchev–Trinajstić information content (AvgIpc) is 3.96. The number of carbonyl (C=O) groups is 2. The molecule has 4 heterocycles. The van der Waals surface area contributed by atoms with Gasteiger partial charge in [0.2, 0.25) is 0 Å². The largest absolute Gasteiger partial charge is 0.433 e. The number of primary amides is 1. The molecule has 3 aromatic rings. The highest BCUT2D eigenvalue weighted by Gasteiger charge is 2.47. The Bertz CT molecular complexity index is 1790. The molecule has 246 valence electrons. The molecule has 2 amide bonds. The number of halogens is 3. The van der Waals surface area contributed by atoms with Gasteiger partial charge in [-0.2, -0.15) is 13.2 Å². The van der Waals surface area contributed by atoms with Crippen LogP contribution in [0.15, 0.2) is 35.3 Å². The van der Waals surface area contributed by atoms with Gasteiger partial charge in [0.05, 0.1) is 5.69 Å². The third kappa shape index (κ3) is 5.97. The zero-order chi connectivity index (χ0) is 33.2. The van der Waals surface area contributed by atoms with Crippen molar-refractivity contribution in [3.05, 3.63) is 70.1 Å². The number of amides is 2. The van der Waals surface area contributed by atoms with Crippen molar-refractivity contribution >= 4 is 23.3 Å². The Morgan fingerprint density at radius 3 is 2.34 bits per heavy atom. The summed E-state index contributed by atoms with van der Waals surface area (Å²) in [7, 11) is 0. The lowest BCUT2D eigenvalue weighted by Gasteiger charge is -2.38. The van der Waals surface area contributed by atoms with Gasteiger partial charge in [-0.25, -0.2) is 15.0 Å². The number of hydrogen-bond acceptors (Lipinski definition) is 8. The predicted molar refractivity (Wildman–Crippen MR) is 168 cm³/mol. The molecule has 4 N–H and O–H groups in total. The van der Waals surface area contributed by atoms with Gasteiger partial charge in [-0.1, -0.05) is 12.1 Å². The maximum Gasteiger partial charge on any atom is 0.433 e. The number of aryl methyl sites for hydroxylation is 2. The molecular weight excluding hydrogens is 611 g/mol. The maximum absolute atomic E-state index is 13.4. The van der Waals surface area contributed by atoms with Crippen LogP contribution >= 0.6 is 0 Å². The first-order valence-electron chi connectivity index (χ1n) is 16.0. The van der Waals surface area contributed by atoms with Crippen LogP contribution in [0.25, 0.3) is 11.1 Å². The first-order chi connectivity index (χ1) is 22.3. The van der Waals surface area contributed by atoms with Crippen LogP contribution in [0.4, 0.5) is 18.9 Å². The molecule has 7 rings (SSSR count). The summed E-state index contributed by atoms with van der Waals surface area (Å²) in [6.45, 7) is 4.73. The molecule has 1 saturated heterocycles. The molecule has 13 heteroatoms. The average molecular weight is 648 g/mol. The van der Waals surface area contributed by atoms with Crippen LogP contribution in [0.5, 0.6) is 0 Å². The fourth-order valence-corrected chi connectivity index (χ4v) is 6.83. The highest BCUT2D eigenvalue weighted by Crippen LogP contribution is 2.44. The zero-order valence-electron chi connectivity index (χ0n) is 26.2. The Morgan fingerprint density at radius 1 is 1.06 bits per heavy atom. The highest BCUT2D eigenvalue weighted by atomic mass is 19.4. The summed E-state index contributed by atoms with van der Waals surface area (Å²) in [5.74, 6) is -0.305. The van der Waals surface area contributed by atoms with Crippen LogP contribution in [-0.4, -0.2) is 56.3 Å². The quantitative estimate of drug-likeness (QED) is 0.328. The summed E-state index contributed by atoms with van der Waals surface area (Å²) in [6, 6.07) is 8.65. The maximum atomic E-state index is 13.4. The van der Waals surface area contributed by atoms with E-state index in [2.05, 4.69) is 37.3 Å². The predicted octanol–water partition coefficient (Wildman–Crippen LogP) is 4.44. The lowest BCUT2D eigenvalue weighted by Crippen LogP contribution is -2.49. The SMILES string of the molecule is Cc1nc(C(O)C(N)=O)nc(C)c1-c1ccc(CC2CC2)c(N2CCC3(CC2)N=C(c2ccc(C(F)(F)F)nc2C2CC2)NC3=O)c1. The summed E-state index contributed by atoms with van der Waals surface area (Å²) in [5, 5.41) is 13.0. The topological polar surface area (TPSA) is 147 Å². The van der Waals surface area contributed by atoms with E-state index < -0.39 is 29.4 Å². The fourth-order valence-electron chi connectivity index (χ4n) is 6.83. The van der Waals surface area contributed by atoms with Crippen molar-refractivity contribution in [3.63, 3.8) is 0 Å². The first kappa shape index (κ1) is 31.2. The number of anilines is 1. The van der Waals surface area contributed by atoms with E-state index in [-0.39, 0.29) is 17.6 Å². The second-order valence-electron chi connectivity index (χ2n) is 13.3. The number of aliphatic hydroxyl groups excluding tert-OH is 1. The number of nitrogens with two attached hydrogens (primary N) is 1. The number of piperidine rings is 1. The molecule has 2 aliphatic carbocycles. The third-order valence-corrected chi connectivity index (χ3v) is 9.73. The molecule has 1 unspecified atom stereocenters. The summed E-state index contributed by atoms with van der Waals surface area (Å²) >= 11 is 0. The van der Waals surface area contributed by atoms with E-state index in [1.165, 1.54) is 24.5 Å². The Hall–Kier alpha value is -4.39. The van der Waals surface area contributed by atoms with Crippen molar-refractivity contribution < 1.29 is 27.9 Å². The van der Waals surface area contributed by atoms with Gasteiger partial charge >= 0.3 is 6.18 Å². The van der Waals surface area contributed by atoms with Crippen LogP contribution in [0, 0.1) is 19.8 Å². The van der Waals surface area contributed by atoms with Gasteiger partial charge in [0.1, 0.15) is 17.1 Å². The molecule has 1 aromatic carbocycles. The molecule has 0 radical (unpaired) electrons. The Labute approximate surface area is 269 Å². The van der Waals surface area contributed by atoms with E-state index in [0.29, 0.717) is 60.3 Å². The van der Waals surface area contributed by atoms with Gasteiger partial charge in [-0.05, 0) is 94.0 Å². The van der Waals surface area contributed by atoms with Crippen molar-refractivity contribution in [1.29, 1.82) is 0 Å². The van der Waals surface area contributed by atoms with Gasteiger partial charge in [0, 0.05) is 47.2 Å². The normalized spacial score (nSPS) is 19.9. The lowest BCUT2D eigenvalue weighted by molar-refractivity contribution is -0.141. The van der Waals surface area contributed by atoms with Crippen LogP contribution in [0.3, 0.4) is 0 Å². The lowest BCUT2D eigenvalue weighted by atomic mass is 9.87. The van der Waals surface area contributed by atoms with Gasteiger partial charge in [0.15, 0.2) is 11.9 Å². The van der Waals surface area contributed by atoms with Crippen LogP contribution < -0.4 is 16.0 Å². The molecule has 1 atom stereocenters. The van der Waals surface area contributed by atoms with E-state index in [0.717, 1.165) is 42.1 Å². The van der Waals surface area contributed by atoms with Crippen LogP contribution in [0.2, 0.25) is 0 Å². The number of alkyl halides is 3. The molecule has 0 bridgehead atoms. The minimum atomic E-state index is -4.55. The fraction of sp³-hybridized carbons (Fsp3) is 0.471. The minimum Gasteiger partial charge on any atom is -0.376 e. The number of aliphatic imine (C=N–C) groups is 1. The van der Waals surface area contributed by atoms with E-state index >= 15 is 0 Å². The van der Waals surface area contributed by atoms with Crippen LogP contribution in [0.1, 0.15) is 90.3 Å². The second kappa shape index (κ2) is 11.4. The molecule has 47 heavy (non-hydrogen) atoms. The Kier molecular flexibility index (Phi) is 7.57. The number of rotatable bonds is 8. The number of nitrogens with zero attached hydrogens (tertiary/aromatic N) is 5. The summed E-state index contributed by atoms with van der Waals surface area (Å²) in [4.78, 5) is 44.9. The van der Waals surface area contributed by atoms with Crippen molar-refractivity contribution in [1.82, 2.24) is 20.3 Å². The van der Waals surface area contributed by atoms with Crippen molar-refractivity contribution in [2.75, 3.05) is 18.0 Å². The van der Waals surface area contributed by atoms with E-state index in [1.54, 1.807) is 13.8 Å². The summed E-state index contributed by atoms with van der Waals surface area (Å²) < 4.78 is 40.3. The standard InChI is InChI=1S/C34H36F3N7O3/c1-17-26(18(2)40-31(39-17)28(45)29(38)46)22-8-7-21(15-19-3-4-19)24(16-22)44-13-11-33(12-14-44)32(47)42-30(43-33)23-9-10-25(34(35,36)37)41-27(23)20-5-6-20/h7-10,16,19-20,28,45H,3-6,11-15H2,1-2H3,(H2,38,46)(H,42,43,47). The summed E-state index contributed by atoms with van der Waals surface area (Å²) in [5.41, 5.74) is 9.35. The number of aromatic nitrogens is 3. The van der Waals surface area contributed by atoms with Gasteiger partial charge < -0.3 is 21.1 Å². The van der Waals surface area contributed by atoms with Gasteiger partial charge in [-0.3, -0.25) is 14.6 Å². The Balaban J connectivity index is 1.17. The number of amidine groups is 1. The molecule has 4 aliphatic rings. The smallest absolute Gasteiger partial charge is 0.376 e. The molecule has 3 fully saturated rings. The molecular formula is C34H36F3N7O3. The van der Waals surface area contributed by atoms with Crippen LogP contribution in [-0.2, 0) is 22.2 Å². The second-order valence-corrected chi connectivity index (χ2v) is 13.3. The van der Waals surface area contributed by atoms with Gasteiger partial charge in [0.25, 0.3) is 11.8 Å². The minimum absolute atomic E-state index is 0.0331. The molecule has 10 nitrogen and oxygen atoms in total. The zero-order valence-corrected chi connectivity index (χ0v) is 26.2. The molecule has 2 aromatic heterocycles. The van der Waals surface area contributed by atoms with Crippen molar-refractivity contribution in [3.8, 4) is 11.1 Å². The number of pyridine rings is 1. The van der Waals surface area contributed by atoms with Crippen molar-refractivity contribution in [2.24, 2.45) is 16.6 Å². The molecule has 2 aliphatic heterocycles. The van der Waals surface area contributed by atoms with E-state index in [4.69, 9.17) is 10.7 Å². The van der Waals surface area contributed by atoms with Gasteiger partial charge in [-0.15, -0.1) is 0 Å². The number of aliphatic hydroxyl groups is 1. The van der Waals surface area contributed by atoms with E-state index in [1.807, 2.05) is 6.07 Å². The van der Waals surface area contributed by atoms with E-state index in [9.17, 15) is 27.9 Å².